The molecule has 1 N–H and O–H groups in total. The quantitative estimate of drug-likeness (QED) is 0.597. The van der Waals surface area contributed by atoms with E-state index in [4.69, 9.17) is 4.55 Å². The zero-order valence-electron chi connectivity index (χ0n) is 9.89. The molecular weight excluding hydrogens is 290 g/mol. The van der Waals surface area contributed by atoms with E-state index in [0.29, 0.717) is 0 Å². The van der Waals surface area contributed by atoms with Crippen LogP contribution in [0.3, 0.4) is 0 Å². The maximum atomic E-state index is 13.0. The van der Waals surface area contributed by atoms with Crippen LogP contribution in [0.4, 0.5) is 8.78 Å². The van der Waals surface area contributed by atoms with Gasteiger partial charge in [-0.05, 0) is 13.3 Å². The Balaban J connectivity index is 2.84. The fourth-order valence-electron chi connectivity index (χ4n) is 1.43. The number of halogens is 2. The standard InChI is InChI=1S/C9H12F2O7S/c1-8(3-2-6(12)17-5-4-8)18-7(13)9(10,11)19(14,15)16/h2-5H2,1H3,(H,14,15,16). The normalized spacial score (nSPS) is 25.4. The van der Waals surface area contributed by atoms with Crippen molar-refractivity contribution < 1.29 is 40.8 Å². The van der Waals surface area contributed by atoms with Crippen LogP contribution < -0.4 is 0 Å². The lowest BCUT2D eigenvalue weighted by atomic mass is 9.97. The number of alkyl halides is 2. The van der Waals surface area contributed by atoms with E-state index >= 15 is 0 Å². The van der Waals surface area contributed by atoms with Crippen LogP contribution in [-0.2, 0) is 29.2 Å². The summed E-state index contributed by atoms with van der Waals surface area (Å²) in [4.78, 5) is 22.1. The fraction of sp³-hybridized carbons (Fsp3) is 0.778. The molecule has 1 aliphatic rings. The van der Waals surface area contributed by atoms with Crippen molar-refractivity contribution in [2.24, 2.45) is 0 Å². The van der Waals surface area contributed by atoms with E-state index in [-0.39, 0.29) is 25.9 Å². The monoisotopic (exact) mass is 302 g/mol. The minimum Gasteiger partial charge on any atom is -0.466 e. The number of hydrogen-bond acceptors (Lipinski definition) is 6. The number of carbonyl (C=O) groups excluding carboxylic acids is 2. The van der Waals surface area contributed by atoms with Crippen LogP contribution in [0.25, 0.3) is 0 Å². The summed E-state index contributed by atoms with van der Waals surface area (Å²) in [6.07, 6.45) is -0.285. The SMILES string of the molecule is CC1(OC(=O)C(F)(F)S(=O)(=O)O)CCOC(=O)CC1. The molecule has 7 nitrogen and oxygen atoms in total. The highest BCUT2D eigenvalue weighted by Crippen LogP contribution is 2.30. The average Bonchev–Trinajstić information content (AvgIpc) is 2.39. The maximum Gasteiger partial charge on any atom is 0.465 e. The van der Waals surface area contributed by atoms with Gasteiger partial charge in [0.2, 0.25) is 0 Å². The Kier molecular flexibility index (Phi) is 4.15. The van der Waals surface area contributed by atoms with E-state index in [0.717, 1.165) is 0 Å². The predicted octanol–water partition coefficient (Wildman–Crippen LogP) is 0.496. The van der Waals surface area contributed by atoms with E-state index < -0.39 is 32.9 Å². The first-order valence-electron chi connectivity index (χ1n) is 5.22. The Labute approximate surface area is 107 Å². The van der Waals surface area contributed by atoms with Crippen LogP contribution in [0, 0.1) is 0 Å². The molecule has 0 radical (unpaired) electrons. The van der Waals surface area contributed by atoms with Crippen molar-refractivity contribution in [1.82, 2.24) is 0 Å². The number of hydrogen-bond donors (Lipinski definition) is 1. The van der Waals surface area contributed by atoms with Gasteiger partial charge < -0.3 is 9.47 Å². The molecule has 0 spiro atoms. The second kappa shape index (κ2) is 5.00. The largest absolute Gasteiger partial charge is 0.466 e. The highest BCUT2D eigenvalue weighted by atomic mass is 32.2. The zero-order valence-corrected chi connectivity index (χ0v) is 10.7. The molecule has 0 bridgehead atoms. The molecule has 10 heteroatoms. The second-order valence-corrected chi connectivity index (χ2v) is 5.76. The predicted molar refractivity (Wildman–Crippen MR) is 55.8 cm³/mol. The lowest BCUT2D eigenvalue weighted by molar-refractivity contribution is -0.177. The summed E-state index contributed by atoms with van der Waals surface area (Å²) in [6.45, 7) is 1.13. The van der Waals surface area contributed by atoms with Crippen LogP contribution >= 0.6 is 0 Å². The summed E-state index contributed by atoms with van der Waals surface area (Å²) < 4.78 is 64.2. The molecule has 0 aromatic carbocycles. The molecule has 19 heavy (non-hydrogen) atoms. The first-order chi connectivity index (χ1) is 8.48. The lowest BCUT2D eigenvalue weighted by Crippen LogP contribution is -2.44. The number of cyclic esters (lactones) is 1. The summed E-state index contributed by atoms with van der Waals surface area (Å²) in [6, 6.07) is 0. The molecule has 1 atom stereocenters. The third-order valence-electron chi connectivity index (χ3n) is 2.65. The molecule has 1 fully saturated rings. The molecule has 0 aromatic rings. The third-order valence-corrected chi connectivity index (χ3v) is 3.47. The van der Waals surface area contributed by atoms with Crippen molar-refractivity contribution in [3.05, 3.63) is 0 Å². The molecule has 110 valence electrons. The van der Waals surface area contributed by atoms with Crippen molar-refractivity contribution >= 4 is 22.1 Å². The highest BCUT2D eigenvalue weighted by Gasteiger charge is 2.56. The van der Waals surface area contributed by atoms with E-state index in [2.05, 4.69) is 9.47 Å². The molecule has 1 heterocycles. The van der Waals surface area contributed by atoms with Gasteiger partial charge in [0.05, 0.1) is 6.61 Å². The maximum absolute atomic E-state index is 13.0. The van der Waals surface area contributed by atoms with Gasteiger partial charge in [-0.25, -0.2) is 4.79 Å². The van der Waals surface area contributed by atoms with Gasteiger partial charge >= 0.3 is 27.3 Å². The summed E-state index contributed by atoms with van der Waals surface area (Å²) in [5.41, 5.74) is -1.46. The van der Waals surface area contributed by atoms with E-state index in [9.17, 15) is 26.8 Å². The van der Waals surface area contributed by atoms with Gasteiger partial charge in [0.1, 0.15) is 5.60 Å². The topological polar surface area (TPSA) is 107 Å². The molecular formula is C9H12F2O7S. The van der Waals surface area contributed by atoms with E-state index in [1.165, 1.54) is 6.92 Å². The van der Waals surface area contributed by atoms with Gasteiger partial charge in [-0.15, -0.1) is 0 Å². The minimum atomic E-state index is -5.91. The van der Waals surface area contributed by atoms with Gasteiger partial charge in [0.25, 0.3) is 0 Å². The first kappa shape index (κ1) is 15.8. The van der Waals surface area contributed by atoms with Crippen molar-refractivity contribution in [2.45, 2.75) is 37.0 Å². The Bertz CT molecular complexity index is 487. The number of carbonyl (C=O) groups is 2. The van der Waals surface area contributed by atoms with Crippen LogP contribution in [-0.4, -0.2) is 42.4 Å². The number of rotatable bonds is 3. The first-order valence-corrected chi connectivity index (χ1v) is 6.66. The van der Waals surface area contributed by atoms with Crippen molar-refractivity contribution in [3.8, 4) is 0 Å². The molecule has 1 saturated heterocycles. The summed E-state index contributed by atoms with van der Waals surface area (Å²) >= 11 is 0. The molecule has 1 aliphatic heterocycles. The smallest absolute Gasteiger partial charge is 0.465 e. The zero-order chi connectivity index (χ0) is 14.9. The Morgan fingerprint density at radius 2 is 2.05 bits per heavy atom. The van der Waals surface area contributed by atoms with Gasteiger partial charge in [0.15, 0.2) is 0 Å². The minimum absolute atomic E-state index is 0.0496. The van der Waals surface area contributed by atoms with Gasteiger partial charge in [0, 0.05) is 12.8 Å². The van der Waals surface area contributed by atoms with Crippen molar-refractivity contribution in [3.63, 3.8) is 0 Å². The molecule has 1 unspecified atom stereocenters. The van der Waals surface area contributed by atoms with Gasteiger partial charge in [-0.3, -0.25) is 9.35 Å². The molecule has 0 saturated carbocycles. The van der Waals surface area contributed by atoms with Gasteiger partial charge in [-0.1, -0.05) is 0 Å². The van der Waals surface area contributed by atoms with Crippen LogP contribution in [0.1, 0.15) is 26.2 Å². The van der Waals surface area contributed by atoms with E-state index in [1.54, 1.807) is 0 Å². The second-order valence-electron chi connectivity index (χ2n) is 4.30. The van der Waals surface area contributed by atoms with Crippen molar-refractivity contribution in [1.29, 1.82) is 0 Å². The van der Waals surface area contributed by atoms with Gasteiger partial charge in [-0.2, -0.15) is 17.2 Å². The summed E-state index contributed by atoms with van der Waals surface area (Å²) in [5, 5.41) is -5.05. The Morgan fingerprint density at radius 1 is 1.47 bits per heavy atom. The van der Waals surface area contributed by atoms with E-state index in [1.807, 2.05) is 0 Å². The molecule has 0 aromatic heterocycles. The molecule has 0 amide bonds. The molecule has 0 aliphatic carbocycles. The molecule has 1 rings (SSSR count). The summed E-state index contributed by atoms with van der Waals surface area (Å²) in [7, 11) is -5.91. The average molecular weight is 302 g/mol. The van der Waals surface area contributed by atoms with Crippen LogP contribution in [0.5, 0.6) is 0 Å². The Morgan fingerprint density at radius 3 is 2.58 bits per heavy atom. The third kappa shape index (κ3) is 3.60. The Hall–Kier alpha value is -1.29. The summed E-state index contributed by atoms with van der Waals surface area (Å²) in [5.74, 6) is -2.95. The number of ether oxygens (including phenoxy) is 2. The lowest BCUT2D eigenvalue weighted by Gasteiger charge is -2.28. The van der Waals surface area contributed by atoms with Crippen LogP contribution in [0.15, 0.2) is 0 Å². The van der Waals surface area contributed by atoms with Crippen molar-refractivity contribution in [2.75, 3.05) is 6.61 Å². The fourth-order valence-corrected chi connectivity index (χ4v) is 1.69. The van der Waals surface area contributed by atoms with Crippen LogP contribution in [0.2, 0.25) is 0 Å². The number of esters is 2. The highest BCUT2D eigenvalue weighted by molar-refractivity contribution is 7.87.